The van der Waals surface area contributed by atoms with Gasteiger partial charge >= 0.3 is 0 Å². The molecule has 0 aliphatic heterocycles. The molecule has 0 saturated heterocycles. The molecule has 3 rings (SSSR count). The summed E-state index contributed by atoms with van der Waals surface area (Å²) in [7, 11) is 0. The van der Waals surface area contributed by atoms with Gasteiger partial charge in [-0.2, -0.15) is 0 Å². The van der Waals surface area contributed by atoms with Gasteiger partial charge in [0.1, 0.15) is 17.3 Å². The molecule has 0 fully saturated rings. The van der Waals surface area contributed by atoms with Gasteiger partial charge in [0.2, 0.25) is 0 Å². The summed E-state index contributed by atoms with van der Waals surface area (Å²) in [6.45, 7) is 6.45. The van der Waals surface area contributed by atoms with Gasteiger partial charge in [-0.1, -0.05) is 54.2 Å². The molecular weight excluding hydrogens is 318 g/mol. The van der Waals surface area contributed by atoms with Crippen LogP contribution in [-0.2, 0) is 12.3 Å². The van der Waals surface area contributed by atoms with Crippen LogP contribution in [0.5, 0.6) is 11.5 Å². The third-order valence-electron chi connectivity index (χ3n) is 3.51. The average molecular weight is 337 g/mol. The molecule has 2 aromatic carbocycles. The highest BCUT2D eigenvalue weighted by Crippen LogP contribution is 2.30. The fourth-order valence-electron chi connectivity index (χ4n) is 2.29. The zero-order chi connectivity index (χ0) is 16.8. The first-order chi connectivity index (χ1) is 11.8. The molecule has 1 aromatic heterocycles. The van der Waals surface area contributed by atoms with Crippen molar-refractivity contribution in [2.45, 2.75) is 24.4 Å². The van der Waals surface area contributed by atoms with Crippen molar-refractivity contribution in [1.29, 1.82) is 0 Å². The average Bonchev–Trinajstić information content (AvgIpc) is 2.96. The van der Waals surface area contributed by atoms with Crippen LogP contribution < -0.4 is 4.74 Å². The number of hydrogen-bond acceptors (Lipinski definition) is 4. The largest absolute Gasteiger partial charge is 0.457 e. The number of rotatable bonds is 7. The molecule has 0 aliphatic rings. The molecule has 122 valence electrons. The van der Waals surface area contributed by atoms with Crippen LogP contribution in [0.3, 0.4) is 0 Å². The van der Waals surface area contributed by atoms with Gasteiger partial charge in [0.15, 0.2) is 5.16 Å². The van der Waals surface area contributed by atoms with Crippen LogP contribution in [0.15, 0.2) is 72.4 Å². The van der Waals surface area contributed by atoms with Gasteiger partial charge < -0.3 is 9.30 Å². The Bertz CT molecular complexity index is 814. The number of aromatic nitrogens is 3. The smallest absolute Gasteiger partial charge is 0.191 e. The number of para-hydroxylation sites is 2. The van der Waals surface area contributed by atoms with Gasteiger partial charge in [0.05, 0.1) is 0 Å². The van der Waals surface area contributed by atoms with Crippen LogP contribution in [0.4, 0.5) is 0 Å². The van der Waals surface area contributed by atoms with Gasteiger partial charge in [-0.25, -0.2) is 0 Å². The first kappa shape index (κ1) is 16.3. The van der Waals surface area contributed by atoms with E-state index in [1.54, 1.807) is 11.8 Å². The maximum Gasteiger partial charge on any atom is 0.191 e. The van der Waals surface area contributed by atoms with Crippen molar-refractivity contribution in [3.8, 4) is 11.5 Å². The van der Waals surface area contributed by atoms with E-state index < -0.39 is 0 Å². The SMILES string of the molecule is C=CCn1c(C)nnc1SCc1ccccc1Oc1ccccc1. The monoisotopic (exact) mass is 337 g/mol. The molecular formula is C19H19N3OS. The highest BCUT2D eigenvalue weighted by atomic mass is 32.2. The molecule has 1 heterocycles. The molecule has 0 unspecified atom stereocenters. The Hall–Kier alpha value is -2.53. The van der Waals surface area contributed by atoms with E-state index in [9.17, 15) is 0 Å². The Morgan fingerprint density at radius 3 is 2.62 bits per heavy atom. The second-order valence-corrected chi connectivity index (χ2v) is 6.18. The lowest BCUT2D eigenvalue weighted by molar-refractivity contribution is 0.478. The van der Waals surface area contributed by atoms with Crippen molar-refractivity contribution in [3.63, 3.8) is 0 Å². The Balaban J connectivity index is 1.75. The zero-order valence-electron chi connectivity index (χ0n) is 13.6. The van der Waals surface area contributed by atoms with Crippen LogP contribution >= 0.6 is 11.8 Å². The Morgan fingerprint density at radius 1 is 1.08 bits per heavy atom. The molecule has 0 saturated carbocycles. The van der Waals surface area contributed by atoms with Crippen LogP contribution in [0.25, 0.3) is 0 Å². The lowest BCUT2D eigenvalue weighted by Crippen LogP contribution is -2.00. The van der Waals surface area contributed by atoms with E-state index in [1.807, 2.05) is 61.5 Å². The predicted octanol–water partition coefficient (Wildman–Crippen LogP) is 4.86. The first-order valence-electron chi connectivity index (χ1n) is 7.72. The number of allylic oxidation sites excluding steroid dienone is 1. The molecule has 4 nitrogen and oxygen atoms in total. The van der Waals surface area contributed by atoms with E-state index in [-0.39, 0.29) is 0 Å². The normalized spacial score (nSPS) is 10.5. The minimum absolute atomic E-state index is 0.712. The third-order valence-corrected chi connectivity index (χ3v) is 4.53. The number of benzene rings is 2. The standard InChI is InChI=1S/C19H19N3OS/c1-3-13-22-15(2)20-21-19(22)24-14-16-9-7-8-12-18(16)23-17-10-5-4-6-11-17/h3-12H,1,13-14H2,2H3. The maximum atomic E-state index is 6.01. The lowest BCUT2D eigenvalue weighted by atomic mass is 10.2. The Kier molecular flexibility index (Phi) is 5.33. The topological polar surface area (TPSA) is 39.9 Å². The van der Waals surface area contributed by atoms with Gasteiger partial charge in [-0.15, -0.1) is 16.8 Å². The summed E-state index contributed by atoms with van der Waals surface area (Å²) >= 11 is 1.65. The summed E-state index contributed by atoms with van der Waals surface area (Å²) < 4.78 is 8.06. The molecule has 3 aromatic rings. The number of ether oxygens (including phenoxy) is 1. The summed E-state index contributed by atoms with van der Waals surface area (Å²) in [6, 6.07) is 17.9. The minimum Gasteiger partial charge on any atom is -0.457 e. The van der Waals surface area contributed by atoms with Crippen LogP contribution in [0.2, 0.25) is 0 Å². The summed E-state index contributed by atoms with van der Waals surface area (Å²) in [4.78, 5) is 0. The molecule has 0 amide bonds. The molecule has 0 radical (unpaired) electrons. The van der Waals surface area contributed by atoms with E-state index in [0.717, 1.165) is 33.8 Å². The van der Waals surface area contributed by atoms with Crippen molar-refractivity contribution >= 4 is 11.8 Å². The van der Waals surface area contributed by atoms with Crippen molar-refractivity contribution < 1.29 is 4.74 Å². The maximum absolute atomic E-state index is 6.01. The molecule has 0 N–H and O–H groups in total. The van der Waals surface area contributed by atoms with Crippen LogP contribution in [-0.4, -0.2) is 14.8 Å². The predicted molar refractivity (Wildman–Crippen MR) is 97.5 cm³/mol. The summed E-state index contributed by atoms with van der Waals surface area (Å²) in [5.74, 6) is 3.35. The van der Waals surface area contributed by atoms with Crippen molar-refractivity contribution in [2.24, 2.45) is 0 Å². The fourth-order valence-corrected chi connectivity index (χ4v) is 3.27. The molecule has 5 heteroatoms. The van der Waals surface area contributed by atoms with E-state index in [2.05, 4.69) is 27.4 Å². The number of aryl methyl sites for hydroxylation is 1. The van der Waals surface area contributed by atoms with Crippen molar-refractivity contribution in [1.82, 2.24) is 14.8 Å². The van der Waals surface area contributed by atoms with Gasteiger partial charge in [-0.3, -0.25) is 0 Å². The first-order valence-corrected chi connectivity index (χ1v) is 8.71. The lowest BCUT2D eigenvalue weighted by Gasteiger charge is -2.11. The number of hydrogen-bond donors (Lipinski definition) is 0. The zero-order valence-corrected chi connectivity index (χ0v) is 14.4. The Labute approximate surface area is 146 Å². The third kappa shape index (κ3) is 3.86. The van der Waals surface area contributed by atoms with E-state index in [4.69, 9.17) is 4.74 Å². The van der Waals surface area contributed by atoms with Gasteiger partial charge in [-0.05, 0) is 25.1 Å². The van der Waals surface area contributed by atoms with Gasteiger partial charge in [0, 0.05) is 17.9 Å². The van der Waals surface area contributed by atoms with Crippen LogP contribution in [0.1, 0.15) is 11.4 Å². The molecule has 24 heavy (non-hydrogen) atoms. The minimum atomic E-state index is 0.712. The highest BCUT2D eigenvalue weighted by molar-refractivity contribution is 7.98. The second kappa shape index (κ2) is 7.84. The number of thioether (sulfide) groups is 1. The van der Waals surface area contributed by atoms with Crippen molar-refractivity contribution in [3.05, 3.63) is 78.6 Å². The van der Waals surface area contributed by atoms with Gasteiger partial charge in [0.25, 0.3) is 0 Å². The van der Waals surface area contributed by atoms with Crippen LogP contribution in [0, 0.1) is 6.92 Å². The second-order valence-electron chi connectivity index (χ2n) is 5.24. The summed E-state index contributed by atoms with van der Waals surface area (Å²) in [5, 5.41) is 9.29. The quantitative estimate of drug-likeness (QED) is 0.456. The fraction of sp³-hybridized carbons (Fsp3) is 0.158. The van der Waals surface area contributed by atoms with E-state index >= 15 is 0 Å². The summed E-state index contributed by atoms with van der Waals surface area (Å²) in [5.41, 5.74) is 1.12. The molecule has 0 spiro atoms. The molecule has 0 aliphatic carbocycles. The number of nitrogens with zero attached hydrogens (tertiary/aromatic N) is 3. The highest BCUT2D eigenvalue weighted by Gasteiger charge is 2.11. The molecule has 0 bridgehead atoms. The van der Waals surface area contributed by atoms with Crippen molar-refractivity contribution in [2.75, 3.05) is 0 Å². The molecule has 0 atom stereocenters. The van der Waals surface area contributed by atoms with E-state index in [0.29, 0.717) is 6.54 Å². The van der Waals surface area contributed by atoms with E-state index in [1.165, 1.54) is 0 Å². The Morgan fingerprint density at radius 2 is 1.83 bits per heavy atom. The summed E-state index contributed by atoms with van der Waals surface area (Å²) in [6.07, 6.45) is 1.85.